The van der Waals surface area contributed by atoms with E-state index in [-0.39, 0.29) is 5.69 Å². The summed E-state index contributed by atoms with van der Waals surface area (Å²) in [6.45, 7) is 1.01. The van der Waals surface area contributed by atoms with Crippen molar-refractivity contribution in [2.24, 2.45) is 0 Å². The number of hydrazine groups is 1. The predicted octanol–water partition coefficient (Wildman–Crippen LogP) is 1.85. The summed E-state index contributed by atoms with van der Waals surface area (Å²) in [5.41, 5.74) is 5.70. The Hall–Kier alpha value is -3.72. The summed E-state index contributed by atoms with van der Waals surface area (Å²) in [6.07, 6.45) is 0. The molecule has 0 spiro atoms. The molecule has 29 heavy (non-hydrogen) atoms. The van der Waals surface area contributed by atoms with Gasteiger partial charge < -0.3 is 4.74 Å². The number of rotatable bonds is 5. The first-order valence-electron chi connectivity index (χ1n) is 8.45. The summed E-state index contributed by atoms with van der Waals surface area (Å²) < 4.78 is 4.94. The van der Waals surface area contributed by atoms with Gasteiger partial charge in [-0.1, -0.05) is 29.8 Å². The molecule has 9 nitrogen and oxygen atoms in total. The van der Waals surface area contributed by atoms with Crippen LogP contribution in [0.1, 0.15) is 26.5 Å². The number of amides is 2. The number of para-hydroxylation sites is 1. The smallest absolute Gasteiger partial charge is 0.361 e. The number of nitrogens with one attached hydrogen (secondary N) is 2. The van der Waals surface area contributed by atoms with Crippen LogP contribution in [0.3, 0.4) is 0 Å². The Balaban J connectivity index is 1.51. The maximum atomic E-state index is 12.2. The van der Waals surface area contributed by atoms with Gasteiger partial charge in [0.2, 0.25) is 0 Å². The monoisotopic (exact) mass is 413 g/mol. The number of aromatic nitrogens is 3. The Morgan fingerprint density at radius 2 is 1.69 bits per heavy atom. The van der Waals surface area contributed by atoms with Gasteiger partial charge in [0.15, 0.2) is 12.3 Å². The molecule has 0 saturated carbocycles. The molecule has 0 radical (unpaired) electrons. The molecule has 2 aromatic carbocycles. The van der Waals surface area contributed by atoms with Gasteiger partial charge in [-0.25, -0.2) is 4.79 Å². The van der Waals surface area contributed by atoms with E-state index in [4.69, 9.17) is 16.3 Å². The molecule has 1 aromatic heterocycles. The third-order valence-electron chi connectivity index (χ3n) is 3.72. The molecule has 0 aliphatic heterocycles. The zero-order valence-electron chi connectivity index (χ0n) is 15.3. The van der Waals surface area contributed by atoms with E-state index >= 15 is 0 Å². The van der Waals surface area contributed by atoms with E-state index in [9.17, 15) is 14.4 Å². The minimum Gasteiger partial charge on any atom is -0.451 e. The Morgan fingerprint density at radius 1 is 1.00 bits per heavy atom. The number of halogens is 1. The summed E-state index contributed by atoms with van der Waals surface area (Å²) in [5, 5.41) is 8.75. The summed E-state index contributed by atoms with van der Waals surface area (Å²) in [5.74, 6) is -2.05. The Morgan fingerprint density at radius 3 is 2.38 bits per heavy atom. The Kier molecular flexibility index (Phi) is 6.20. The number of ether oxygens (including phenoxy) is 1. The van der Waals surface area contributed by atoms with Crippen molar-refractivity contribution in [2.75, 3.05) is 6.61 Å². The minimum atomic E-state index is -0.802. The number of esters is 1. The molecule has 148 valence electrons. The molecule has 1 heterocycles. The highest BCUT2D eigenvalue weighted by molar-refractivity contribution is 6.30. The highest BCUT2D eigenvalue weighted by Crippen LogP contribution is 2.10. The van der Waals surface area contributed by atoms with Crippen molar-refractivity contribution >= 4 is 29.4 Å². The molecule has 0 unspecified atom stereocenters. The molecule has 10 heteroatoms. The van der Waals surface area contributed by atoms with Gasteiger partial charge in [-0.05, 0) is 43.3 Å². The third kappa shape index (κ3) is 5.17. The fourth-order valence-corrected chi connectivity index (χ4v) is 2.41. The van der Waals surface area contributed by atoms with Gasteiger partial charge in [-0.15, -0.1) is 5.10 Å². The topological polar surface area (TPSA) is 115 Å². The highest BCUT2D eigenvalue weighted by Gasteiger charge is 2.19. The molecule has 0 aliphatic carbocycles. The molecule has 3 aromatic rings. The third-order valence-corrected chi connectivity index (χ3v) is 3.97. The van der Waals surface area contributed by atoms with Crippen molar-refractivity contribution in [3.05, 3.63) is 76.6 Å². The average Bonchev–Trinajstić information content (AvgIpc) is 3.13. The van der Waals surface area contributed by atoms with Crippen LogP contribution in [0, 0.1) is 6.92 Å². The van der Waals surface area contributed by atoms with E-state index in [0.717, 1.165) is 0 Å². The first-order valence-corrected chi connectivity index (χ1v) is 8.83. The number of carbonyl (C=O) groups excluding carboxylic acids is 3. The summed E-state index contributed by atoms with van der Waals surface area (Å²) >= 11 is 5.75. The van der Waals surface area contributed by atoms with E-state index in [1.807, 2.05) is 18.2 Å². The van der Waals surface area contributed by atoms with E-state index in [2.05, 4.69) is 21.0 Å². The molecule has 2 N–H and O–H groups in total. The molecule has 0 aliphatic rings. The van der Waals surface area contributed by atoms with E-state index in [1.165, 1.54) is 16.9 Å². The highest BCUT2D eigenvalue weighted by atomic mass is 35.5. The number of aryl methyl sites for hydroxylation is 1. The largest absolute Gasteiger partial charge is 0.451 e. The second-order valence-corrected chi connectivity index (χ2v) is 6.28. The van der Waals surface area contributed by atoms with Crippen LogP contribution in [0.4, 0.5) is 0 Å². The lowest BCUT2D eigenvalue weighted by molar-refractivity contribution is -0.125. The fraction of sp³-hybridized carbons (Fsp3) is 0.105. The number of hydrogen-bond acceptors (Lipinski definition) is 6. The van der Waals surface area contributed by atoms with Gasteiger partial charge in [0.1, 0.15) is 0 Å². The Bertz CT molecular complexity index is 1030. The van der Waals surface area contributed by atoms with Gasteiger partial charge in [-0.3, -0.25) is 20.4 Å². The van der Waals surface area contributed by atoms with Crippen molar-refractivity contribution in [1.82, 2.24) is 25.8 Å². The standard InChI is InChI=1S/C19H16ClN5O4/c1-12-17(24-25(23-12)15-5-3-2-4-6-15)19(28)29-11-16(26)21-22-18(27)13-7-9-14(20)10-8-13/h2-10H,11H2,1H3,(H,21,26)(H,22,27). The van der Waals surface area contributed by atoms with Crippen molar-refractivity contribution in [3.8, 4) is 5.69 Å². The molecule has 0 saturated heterocycles. The molecule has 2 amide bonds. The molecular weight excluding hydrogens is 398 g/mol. The maximum Gasteiger partial charge on any atom is 0.361 e. The van der Waals surface area contributed by atoms with Gasteiger partial charge >= 0.3 is 5.97 Å². The lowest BCUT2D eigenvalue weighted by Crippen LogP contribution is -2.43. The molecule has 0 atom stereocenters. The van der Waals surface area contributed by atoms with Gasteiger partial charge in [0.05, 0.1) is 11.4 Å². The first-order chi connectivity index (χ1) is 13.9. The van der Waals surface area contributed by atoms with Crippen LogP contribution in [-0.2, 0) is 9.53 Å². The summed E-state index contributed by atoms with van der Waals surface area (Å²) in [7, 11) is 0. The summed E-state index contributed by atoms with van der Waals surface area (Å²) in [4.78, 5) is 37.2. The second-order valence-electron chi connectivity index (χ2n) is 5.84. The molecule has 0 fully saturated rings. The molecule has 3 rings (SSSR count). The van der Waals surface area contributed by atoms with Gasteiger partial charge in [0.25, 0.3) is 11.8 Å². The SMILES string of the molecule is Cc1nn(-c2ccccc2)nc1C(=O)OCC(=O)NNC(=O)c1ccc(Cl)cc1. The second kappa shape index (κ2) is 8.98. The van der Waals surface area contributed by atoms with Crippen molar-refractivity contribution in [3.63, 3.8) is 0 Å². The fourth-order valence-electron chi connectivity index (χ4n) is 2.28. The predicted molar refractivity (Wildman–Crippen MR) is 103 cm³/mol. The lowest BCUT2D eigenvalue weighted by atomic mass is 10.2. The number of nitrogens with zero attached hydrogens (tertiary/aromatic N) is 3. The van der Waals surface area contributed by atoms with Crippen LogP contribution < -0.4 is 10.9 Å². The molecular formula is C19H16ClN5O4. The molecule has 0 bridgehead atoms. The maximum absolute atomic E-state index is 12.2. The van der Waals surface area contributed by atoms with Gasteiger partial charge in [-0.2, -0.15) is 9.90 Å². The zero-order valence-corrected chi connectivity index (χ0v) is 16.0. The summed E-state index contributed by atoms with van der Waals surface area (Å²) in [6, 6.07) is 15.1. The Labute approximate surface area is 170 Å². The minimum absolute atomic E-state index is 0.00754. The van der Waals surface area contributed by atoms with Crippen LogP contribution in [0.2, 0.25) is 5.02 Å². The van der Waals surface area contributed by atoms with E-state index in [0.29, 0.717) is 22.0 Å². The van der Waals surface area contributed by atoms with E-state index in [1.54, 1.807) is 31.2 Å². The normalized spacial score (nSPS) is 10.3. The number of hydrogen-bond donors (Lipinski definition) is 2. The van der Waals surface area contributed by atoms with E-state index < -0.39 is 24.4 Å². The van der Waals surface area contributed by atoms with Crippen LogP contribution in [0.5, 0.6) is 0 Å². The van der Waals surface area contributed by atoms with Crippen LogP contribution in [-0.4, -0.2) is 39.4 Å². The van der Waals surface area contributed by atoms with Crippen LogP contribution >= 0.6 is 11.6 Å². The van der Waals surface area contributed by atoms with Crippen molar-refractivity contribution in [1.29, 1.82) is 0 Å². The van der Waals surface area contributed by atoms with Crippen LogP contribution in [0.15, 0.2) is 54.6 Å². The number of carbonyl (C=O) groups is 3. The zero-order chi connectivity index (χ0) is 20.8. The first kappa shape index (κ1) is 20.0. The van der Waals surface area contributed by atoms with Gasteiger partial charge in [0, 0.05) is 10.6 Å². The quantitative estimate of drug-likeness (QED) is 0.487. The van der Waals surface area contributed by atoms with Crippen molar-refractivity contribution in [2.45, 2.75) is 6.92 Å². The lowest BCUT2D eigenvalue weighted by Gasteiger charge is -2.07. The average molecular weight is 414 g/mol. The number of benzene rings is 2. The van der Waals surface area contributed by atoms with Crippen molar-refractivity contribution < 1.29 is 19.1 Å². The van der Waals surface area contributed by atoms with Crippen LogP contribution in [0.25, 0.3) is 5.69 Å².